The number of hydrogen-bond acceptors (Lipinski definition) is 21. The number of benzene rings is 5. The molecule has 14 rings (SSSR count). The molecule has 0 saturated heterocycles. The molecule has 29 nitrogen and oxygen atoms in total. The summed E-state index contributed by atoms with van der Waals surface area (Å²) < 4.78 is 67.4. The molecule has 8 atom stereocenters. The number of aromatic nitrogens is 10. The third-order valence-electron chi connectivity index (χ3n) is 22.6. The van der Waals surface area contributed by atoms with Crippen molar-refractivity contribution < 1.29 is 51.5 Å². The summed E-state index contributed by atoms with van der Waals surface area (Å²) in [5.41, 5.74) is 15.8. The fourth-order valence-electron chi connectivity index (χ4n) is 16.1. The van der Waals surface area contributed by atoms with Crippen LogP contribution in [0, 0.1) is 5.82 Å². The quantitative estimate of drug-likeness (QED) is 0.0275. The first-order valence-electron chi connectivity index (χ1n) is 43.6. The number of rotatable bonds is 20. The number of likely N-dealkylation sites (N-methyl/N-ethyl adjacent to an activating group) is 4. The lowest BCUT2D eigenvalue weighted by molar-refractivity contribution is 0.0462. The lowest BCUT2D eigenvalue weighted by Crippen LogP contribution is -2.51. The molecule has 131 heavy (non-hydrogen) atoms. The van der Waals surface area contributed by atoms with Crippen LogP contribution in [0.3, 0.4) is 0 Å². The van der Waals surface area contributed by atoms with E-state index in [1.165, 1.54) is 68.5 Å². The van der Waals surface area contributed by atoms with Crippen LogP contribution in [0.1, 0.15) is 136 Å². The number of anilines is 2. The van der Waals surface area contributed by atoms with Crippen molar-refractivity contribution in [2.45, 2.75) is 184 Å². The third kappa shape index (κ3) is 29.4. The Morgan fingerprint density at radius 2 is 0.802 bits per heavy atom. The highest BCUT2D eigenvalue weighted by Crippen LogP contribution is 2.39. The number of aryl methyl sites for hydroxylation is 4. The summed E-state index contributed by atoms with van der Waals surface area (Å²) >= 11 is 10.0. The number of sulfonamides is 1. The van der Waals surface area contributed by atoms with Gasteiger partial charge in [0, 0.05) is 111 Å². The summed E-state index contributed by atoms with van der Waals surface area (Å²) in [5.74, 6) is -0.897. The van der Waals surface area contributed by atoms with Crippen molar-refractivity contribution in [1.29, 1.82) is 0 Å². The number of nitrogens with zero attached hydrogens (tertiary/aromatic N) is 14. The van der Waals surface area contributed by atoms with E-state index >= 15 is 4.39 Å². The molecule has 5 aromatic carbocycles. The van der Waals surface area contributed by atoms with Gasteiger partial charge in [-0.3, -0.25) is 23.4 Å². The number of ether oxygens (including phenoxy) is 3. The maximum absolute atomic E-state index is 15.1. The zero-order chi connectivity index (χ0) is 95.6. The average Bonchev–Trinajstić information content (AvgIpc) is 1.63. The van der Waals surface area contributed by atoms with Gasteiger partial charge in [-0.15, -0.1) is 0 Å². The summed E-state index contributed by atoms with van der Waals surface area (Å²) in [5, 5.41) is 46.4. The number of nitrogens with one attached hydrogen (secondary N) is 5. The van der Waals surface area contributed by atoms with E-state index in [0.717, 1.165) is 101 Å². The molecule has 700 valence electrons. The van der Waals surface area contributed by atoms with Crippen LogP contribution in [0.5, 0.6) is 0 Å². The van der Waals surface area contributed by atoms with Crippen molar-refractivity contribution >= 4 is 102 Å². The number of amides is 3. The van der Waals surface area contributed by atoms with E-state index in [9.17, 15) is 22.8 Å². The Labute approximate surface area is 784 Å². The Morgan fingerprint density at radius 1 is 0.466 bits per heavy atom. The molecule has 7 N–H and O–H groups in total. The van der Waals surface area contributed by atoms with Crippen LogP contribution >= 0.6 is 27.5 Å². The Bertz CT molecular complexity index is 5630. The Balaban J connectivity index is 0.000000178. The highest BCUT2D eigenvalue weighted by Gasteiger charge is 2.36. The minimum absolute atomic E-state index is 0.0175. The van der Waals surface area contributed by atoms with Gasteiger partial charge in [-0.05, 0) is 287 Å². The van der Waals surface area contributed by atoms with Crippen LogP contribution in [-0.2, 0) is 52.4 Å². The lowest BCUT2D eigenvalue weighted by atomic mass is 9.85. The van der Waals surface area contributed by atoms with Gasteiger partial charge < -0.3 is 65.1 Å². The van der Waals surface area contributed by atoms with Gasteiger partial charge in [-0.2, -0.15) is 20.4 Å². The first-order valence-corrected chi connectivity index (χ1v) is 46.2. The van der Waals surface area contributed by atoms with E-state index in [1.807, 2.05) is 154 Å². The zero-order valence-electron chi connectivity index (χ0n) is 78.9. The summed E-state index contributed by atoms with van der Waals surface area (Å²) in [6.07, 6.45) is 23.7. The summed E-state index contributed by atoms with van der Waals surface area (Å²) in [6.45, 7) is 16.9. The Morgan fingerprint density at radius 3 is 1.11 bits per heavy atom. The molecule has 5 heterocycles. The van der Waals surface area contributed by atoms with Gasteiger partial charge >= 0.3 is 25.4 Å². The Kier molecular flexibility index (Phi) is 35.3. The van der Waals surface area contributed by atoms with Crippen molar-refractivity contribution in [3.8, 4) is 33.8 Å². The van der Waals surface area contributed by atoms with E-state index in [2.05, 4.69) is 243 Å². The normalized spacial score (nSPS) is 18.7. The lowest BCUT2D eigenvalue weighted by Gasteiger charge is -2.37. The van der Waals surface area contributed by atoms with Crippen molar-refractivity contribution in [3.05, 3.63) is 239 Å². The van der Waals surface area contributed by atoms with Crippen LogP contribution < -0.4 is 31.6 Å². The van der Waals surface area contributed by atoms with Gasteiger partial charge in [0.1, 0.15) is 39.7 Å². The first kappa shape index (κ1) is 102. The average molecular weight is 1900 g/mol. The molecule has 4 aliphatic rings. The minimum atomic E-state index is -4.25. The van der Waals surface area contributed by atoms with Crippen LogP contribution in [0.4, 0.5) is 30.3 Å². The Hall–Kier alpha value is -11.1. The van der Waals surface area contributed by atoms with Gasteiger partial charge in [0.25, 0.3) is 10.0 Å². The van der Waals surface area contributed by atoms with E-state index in [0.29, 0.717) is 17.7 Å². The molecule has 10 aromatic rings. The fraction of sp³-hybridized carbons (Fsp3) is 0.412. The van der Waals surface area contributed by atoms with Crippen molar-refractivity contribution in [2.75, 3.05) is 66.4 Å². The molecule has 0 aliphatic heterocycles. The molecular formula is C97H127BBrClFN19O10S. The standard InChI is InChI=1S/C28H29ClFN7O2S.2C23H32N4O2.C19H27BrN2O2.C4H7BN2O2/c1-36(2)26-14-19(18-5-4-6-20(13-18)25-9-12-33-37(25)3)7-8-23(26)34-24-16-22(30)27(15-21(24)29)40(38,39)35-28-10-11-31-17-32-28;2*1-23(2,3)29-22(28)25-19-11-10-17(15-21(19)26(4)5)16-8-7-9-18(14-16)20-12-13-24-27(20)6;1-19(2,3)24-18(23)21-16-10-9-14(12-17(16)22(4)5)13-7-6-8-15(20)11-13;1-7-4(5(8)9)2-3-6-7/h4-7,9-13,15-17,23,26,34H,8,14H2,1-3H3,(H,31,32,35);2*7-10,12-14,19,21H,11,15H2,1-6H3,(H,25,28);6-9,11,16-17H,10,12H2,1-5H3,(H,21,23);2-3,8-9H,1H3/t23-,26-;2*19-,21-;16-,17-;/m0000./s1. The van der Waals surface area contributed by atoms with Crippen molar-refractivity contribution in [2.24, 2.45) is 28.2 Å². The number of alkyl carbamates (subject to hydrolysis) is 3. The third-order valence-corrected chi connectivity index (χ3v) is 24.8. The monoisotopic (exact) mass is 1890 g/mol. The second-order valence-electron chi connectivity index (χ2n) is 36.8. The highest BCUT2D eigenvalue weighted by molar-refractivity contribution is 9.10. The van der Waals surface area contributed by atoms with Crippen molar-refractivity contribution in [3.63, 3.8) is 0 Å². The molecular weight excluding hydrogens is 1770 g/mol. The summed E-state index contributed by atoms with van der Waals surface area (Å²) in [7, 11) is 18.2. The van der Waals surface area contributed by atoms with Crippen LogP contribution in [0.25, 0.3) is 56.1 Å². The van der Waals surface area contributed by atoms with Crippen LogP contribution in [0.15, 0.2) is 211 Å². The topological polar surface area (TPSA) is 324 Å². The van der Waals surface area contributed by atoms with E-state index in [-0.39, 0.29) is 77.5 Å². The number of halogens is 3. The zero-order valence-corrected chi connectivity index (χ0v) is 82.0. The summed E-state index contributed by atoms with van der Waals surface area (Å²) in [6, 6.07) is 45.8. The highest BCUT2D eigenvalue weighted by atomic mass is 79.9. The molecule has 0 radical (unpaired) electrons. The van der Waals surface area contributed by atoms with Gasteiger partial charge in [-0.1, -0.05) is 119 Å². The number of carbonyl (C=O) groups excluding carboxylic acids is 3. The number of carbonyl (C=O) groups is 3. The molecule has 0 fully saturated rings. The molecule has 5 aromatic heterocycles. The van der Waals surface area contributed by atoms with E-state index in [1.54, 1.807) is 19.3 Å². The van der Waals surface area contributed by atoms with Crippen LogP contribution in [-0.4, -0.2) is 234 Å². The van der Waals surface area contributed by atoms with Gasteiger partial charge in [-0.25, -0.2) is 37.2 Å². The number of hydrogen-bond donors (Lipinski definition) is 7. The molecule has 34 heteroatoms. The smallest absolute Gasteiger partial charge is 0.444 e. The molecule has 3 amide bonds. The first-order chi connectivity index (χ1) is 61.8. The van der Waals surface area contributed by atoms with Crippen LogP contribution in [0.2, 0.25) is 5.02 Å². The predicted molar refractivity (Wildman–Crippen MR) is 523 cm³/mol. The molecule has 0 unspecified atom stereocenters. The maximum atomic E-state index is 15.1. The molecule has 4 aliphatic carbocycles. The molecule has 0 bridgehead atoms. The molecule has 0 saturated carbocycles. The van der Waals surface area contributed by atoms with Gasteiger partial charge in [0.05, 0.1) is 51.5 Å². The SMILES string of the molecule is CN(C)[C@H]1CC(c2cccc(-c3ccnn3C)c2)=CC[C@@H]1NC(=O)OC(C)(C)C.CN(C)[C@H]1CC(c2cccc(-c3ccnn3C)c2)=CC[C@@H]1NC(=O)OC(C)(C)C.CN(C)[C@H]1CC(c2cccc(-c3ccnn3C)c2)=CC[C@@H]1Nc1cc(F)c(S(=O)(=O)Nc2ccncn2)cc1Cl.CN(C)[C@H]1CC(c2cccc(Br)c2)=CC[C@@H]1NC(=O)OC(C)(C)C.Cn1nccc1B(O)O. The summed E-state index contributed by atoms with van der Waals surface area (Å²) in [4.78, 5) is 52.3. The maximum Gasteiger partial charge on any atom is 0.507 e. The largest absolute Gasteiger partial charge is 0.507 e. The predicted octanol–water partition coefficient (Wildman–Crippen LogP) is 15.8. The van der Waals surface area contributed by atoms with Gasteiger partial charge in [0.2, 0.25) is 0 Å². The van der Waals surface area contributed by atoms with Gasteiger partial charge in [0.15, 0.2) is 0 Å². The molecule has 0 spiro atoms. The second-order valence-corrected chi connectivity index (χ2v) is 39.8. The second kappa shape index (κ2) is 45.3. The van der Waals surface area contributed by atoms with E-state index in [4.69, 9.17) is 35.9 Å². The minimum Gasteiger partial charge on any atom is -0.444 e. The fourth-order valence-corrected chi connectivity index (χ4v) is 17.9. The van der Waals surface area contributed by atoms with Crippen molar-refractivity contribution in [1.82, 2.24) is 84.6 Å². The van der Waals surface area contributed by atoms with E-state index < -0.39 is 44.7 Å².